The average Bonchev–Trinajstić information content (AvgIpc) is 3.07. The van der Waals surface area contributed by atoms with Gasteiger partial charge in [0.1, 0.15) is 24.4 Å². The van der Waals surface area contributed by atoms with Crippen LogP contribution in [0, 0.1) is 0 Å². The summed E-state index contributed by atoms with van der Waals surface area (Å²) in [5.74, 6) is 0. The molecule has 22 atom stereocenters. The number of aliphatic hydroxyl groups excluding tert-OH is 6. The fraction of sp³-hybridized carbons (Fsp3) is 1.00. The second-order valence-corrected chi connectivity index (χ2v) is 15.7. The second kappa shape index (κ2) is 18.3. The van der Waals surface area contributed by atoms with E-state index >= 15 is 0 Å². The topological polar surface area (TPSA) is 223 Å². The van der Waals surface area contributed by atoms with Crippen LogP contribution in [0.2, 0.25) is 0 Å². The number of ether oxygens (including phenoxy) is 11. The zero-order chi connectivity index (χ0) is 38.1. The highest BCUT2D eigenvalue weighted by atomic mass is 16.8. The highest BCUT2D eigenvalue weighted by Gasteiger charge is 2.46. The van der Waals surface area contributed by atoms with Crippen molar-refractivity contribution in [2.24, 2.45) is 0 Å². The molecule has 6 saturated heterocycles. The van der Waals surface area contributed by atoms with Gasteiger partial charge in [0, 0.05) is 38.5 Å². The Morgan fingerprint density at radius 2 is 0.774 bits per heavy atom. The van der Waals surface area contributed by atoms with Crippen molar-refractivity contribution in [2.45, 2.75) is 228 Å². The van der Waals surface area contributed by atoms with Crippen LogP contribution in [0.15, 0.2) is 0 Å². The van der Waals surface area contributed by atoms with Gasteiger partial charge < -0.3 is 82.7 Å². The van der Waals surface area contributed by atoms with Gasteiger partial charge >= 0.3 is 0 Å². The molecule has 0 spiro atoms. The van der Waals surface area contributed by atoms with Gasteiger partial charge in [-0.1, -0.05) is 0 Å². The van der Waals surface area contributed by atoms with Crippen molar-refractivity contribution in [3.63, 3.8) is 0 Å². The molecule has 6 rings (SSSR count). The van der Waals surface area contributed by atoms with E-state index in [-0.39, 0.29) is 44.0 Å². The van der Waals surface area contributed by atoms with Crippen molar-refractivity contribution in [1.29, 1.82) is 0 Å². The lowest BCUT2D eigenvalue weighted by atomic mass is 9.99. The van der Waals surface area contributed by atoms with E-state index < -0.39 is 117 Å². The van der Waals surface area contributed by atoms with Crippen LogP contribution in [0.25, 0.3) is 0 Å². The summed E-state index contributed by atoms with van der Waals surface area (Å²) in [6, 6.07) is 0. The Labute approximate surface area is 310 Å². The van der Waals surface area contributed by atoms with Crippen molar-refractivity contribution < 1.29 is 82.7 Å². The maximum Gasteiger partial charge on any atom is 0.161 e. The number of hydrogen-bond acceptors (Lipinski definition) is 17. The van der Waals surface area contributed by atoms with Gasteiger partial charge in [-0.05, 0) is 54.4 Å². The van der Waals surface area contributed by atoms with Gasteiger partial charge in [0.05, 0.1) is 73.2 Å². The molecule has 0 unspecified atom stereocenters. The van der Waals surface area contributed by atoms with E-state index in [0.29, 0.717) is 25.7 Å². The summed E-state index contributed by atoms with van der Waals surface area (Å²) in [4.78, 5) is 0. The molecule has 0 aromatic rings. The van der Waals surface area contributed by atoms with Crippen molar-refractivity contribution >= 4 is 0 Å². The van der Waals surface area contributed by atoms with E-state index in [2.05, 4.69) is 0 Å². The first kappa shape index (κ1) is 41.9. The first-order valence-electron chi connectivity index (χ1n) is 19.4. The van der Waals surface area contributed by atoms with Crippen LogP contribution in [0.1, 0.15) is 92.9 Å². The SMILES string of the molecule is C[C@@H]1O[C@@H](O[C@H]2[C@H](O)C[C@H](O[C@@H]3C[C@H](O)O[C@H](C)[C@H]3O)O[C@@H]2C)CC[C@@H]1O[C@H]1C[C@@H](O)[C@H](O[C@H]2C[C@@H](O)[C@H](O[C@H]3CC[C@H](O)[C@H](C)O3)[C@@H](C)O2)[C@@H](C)O1. The number of rotatable bonds is 10. The summed E-state index contributed by atoms with van der Waals surface area (Å²) >= 11 is 0. The molecule has 17 heteroatoms. The molecule has 6 aliphatic rings. The molecule has 0 radical (unpaired) electrons. The van der Waals surface area contributed by atoms with E-state index in [1.54, 1.807) is 34.6 Å². The Morgan fingerprint density at radius 3 is 1.25 bits per heavy atom. The molecule has 0 aromatic heterocycles. The van der Waals surface area contributed by atoms with Crippen LogP contribution >= 0.6 is 0 Å². The fourth-order valence-electron chi connectivity index (χ4n) is 8.24. The van der Waals surface area contributed by atoms with Crippen molar-refractivity contribution in [3.05, 3.63) is 0 Å². The first-order chi connectivity index (χ1) is 25.1. The quantitative estimate of drug-likeness (QED) is 0.176. The molecule has 0 aliphatic carbocycles. The highest BCUT2D eigenvalue weighted by Crippen LogP contribution is 2.35. The van der Waals surface area contributed by atoms with Crippen LogP contribution in [-0.4, -0.2) is 166 Å². The molecule has 6 heterocycles. The highest BCUT2D eigenvalue weighted by molar-refractivity contribution is 4.89. The lowest BCUT2D eigenvalue weighted by molar-refractivity contribution is -0.342. The van der Waals surface area contributed by atoms with Gasteiger partial charge in [-0.25, -0.2) is 0 Å². The standard InChI is InChI=1S/C36H62O17/c1-15-21(37)7-9-28(44-15)51-35-19(5)48-32(13-24(35)40)53-36-20(6)46-30(11-23(36)39)49-25-8-10-29(45-16(25)2)52-34-18(4)47-31(12-22(34)38)50-26-14-27(41)43-17(3)33(26)42/h15-42H,7-14H2,1-6H3/t15-,16-,17+,18+,19+,20+,21-,22+,23+,24+,25-,26+,27+,28-,29-,30-,31-,32-,33+,34+,35+,36+/m0/s1. The third-order valence-electron chi connectivity index (χ3n) is 11.4. The van der Waals surface area contributed by atoms with Crippen LogP contribution in [-0.2, 0) is 52.1 Å². The molecule has 0 saturated carbocycles. The molecule has 53 heavy (non-hydrogen) atoms. The van der Waals surface area contributed by atoms with Crippen molar-refractivity contribution in [1.82, 2.24) is 0 Å². The van der Waals surface area contributed by atoms with Gasteiger partial charge in [0.25, 0.3) is 0 Å². The number of hydrogen-bond donors (Lipinski definition) is 6. The smallest absolute Gasteiger partial charge is 0.161 e. The van der Waals surface area contributed by atoms with Crippen molar-refractivity contribution in [2.75, 3.05) is 0 Å². The maximum absolute atomic E-state index is 11.1. The van der Waals surface area contributed by atoms with E-state index in [4.69, 9.17) is 52.1 Å². The van der Waals surface area contributed by atoms with Crippen molar-refractivity contribution in [3.8, 4) is 0 Å². The van der Waals surface area contributed by atoms with E-state index in [1.165, 1.54) is 0 Å². The van der Waals surface area contributed by atoms with Gasteiger partial charge in [-0.3, -0.25) is 0 Å². The summed E-state index contributed by atoms with van der Waals surface area (Å²) in [6.07, 6.45) is -12.0. The molecule has 6 fully saturated rings. The lowest BCUT2D eigenvalue weighted by Gasteiger charge is -2.45. The Bertz CT molecular complexity index is 1100. The normalized spacial score (nSPS) is 53.0. The minimum atomic E-state index is -1.05. The van der Waals surface area contributed by atoms with Crippen LogP contribution < -0.4 is 0 Å². The zero-order valence-corrected chi connectivity index (χ0v) is 31.5. The summed E-state index contributed by atoms with van der Waals surface area (Å²) < 4.78 is 65.9. The van der Waals surface area contributed by atoms with Gasteiger partial charge in [-0.2, -0.15) is 0 Å². The summed E-state index contributed by atoms with van der Waals surface area (Å²) in [5, 5.41) is 63.3. The molecule has 0 aromatic carbocycles. The van der Waals surface area contributed by atoms with Gasteiger partial charge in [-0.15, -0.1) is 0 Å². The Kier molecular flexibility index (Phi) is 14.5. The minimum absolute atomic E-state index is 0.0896. The van der Waals surface area contributed by atoms with Crippen LogP contribution in [0.4, 0.5) is 0 Å². The van der Waals surface area contributed by atoms with E-state index in [1.807, 2.05) is 6.92 Å². The molecule has 308 valence electrons. The Balaban J connectivity index is 0.913. The number of aliphatic hydroxyl groups is 6. The molecule has 6 aliphatic heterocycles. The minimum Gasteiger partial charge on any atom is -0.390 e. The predicted molar refractivity (Wildman–Crippen MR) is 180 cm³/mol. The molecular weight excluding hydrogens is 704 g/mol. The zero-order valence-electron chi connectivity index (χ0n) is 31.5. The molecule has 17 nitrogen and oxygen atoms in total. The van der Waals surface area contributed by atoms with Crippen LogP contribution in [0.3, 0.4) is 0 Å². The summed E-state index contributed by atoms with van der Waals surface area (Å²) in [5.41, 5.74) is 0. The van der Waals surface area contributed by atoms with Gasteiger partial charge in [0.15, 0.2) is 37.7 Å². The largest absolute Gasteiger partial charge is 0.390 e. The van der Waals surface area contributed by atoms with E-state index in [9.17, 15) is 30.6 Å². The monoisotopic (exact) mass is 766 g/mol. The van der Waals surface area contributed by atoms with Gasteiger partial charge in [0.2, 0.25) is 0 Å². The average molecular weight is 767 g/mol. The summed E-state index contributed by atoms with van der Waals surface area (Å²) in [7, 11) is 0. The maximum atomic E-state index is 11.1. The first-order valence-corrected chi connectivity index (χ1v) is 19.4. The fourth-order valence-corrected chi connectivity index (χ4v) is 8.24. The van der Waals surface area contributed by atoms with Crippen LogP contribution in [0.5, 0.6) is 0 Å². The van der Waals surface area contributed by atoms with E-state index in [0.717, 1.165) is 0 Å². The molecular formula is C36H62O17. The third-order valence-corrected chi connectivity index (χ3v) is 11.4. The second-order valence-electron chi connectivity index (χ2n) is 15.7. The third kappa shape index (κ3) is 10.4. The Morgan fingerprint density at radius 1 is 0.358 bits per heavy atom. The predicted octanol–water partition coefficient (Wildman–Crippen LogP) is 0.299. The molecule has 0 amide bonds. The lowest BCUT2D eigenvalue weighted by Crippen LogP contribution is -2.56. The molecule has 6 N–H and O–H groups in total. The Hall–Kier alpha value is -0.680. The summed E-state index contributed by atoms with van der Waals surface area (Å²) in [6.45, 7) is 10.7. The molecule has 0 bridgehead atoms.